The van der Waals surface area contributed by atoms with E-state index in [2.05, 4.69) is 0 Å². The maximum atomic E-state index is 11.9. The Morgan fingerprint density at radius 1 is 1.41 bits per heavy atom. The van der Waals surface area contributed by atoms with Crippen LogP contribution in [-0.2, 0) is 9.59 Å². The quantitative estimate of drug-likeness (QED) is 0.750. The second kappa shape index (κ2) is 6.00. The SMILES string of the molecule is O=CC1CCCCN1CC(=O)NCC(F)(F)F. The summed E-state index contributed by atoms with van der Waals surface area (Å²) in [5.74, 6) is -0.698. The molecule has 1 aliphatic heterocycles. The van der Waals surface area contributed by atoms with Crippen LogP contribution in [0.1, 0.15) is 19.3 Å². The molecule has 0 radical (unpaired) electrons. The molecule has 1 rings (SSSR count). The Morgan fingerprint density at radius 3 is 2.71 bits per heavy atom. The molecule has 0 aliphatic carbocycles. The molecule has 4 nitrogen and oxygen atoms in total. The Labute approximate surface area is 97.1 Å². The van der Waals surface area contributed by atoms with E-state index in [0.717, 1.165) is 19.1 Å². The molecule has 1 heterocycles. The summed E-state index contributed by atoms with van der Waals surface area (Å²) in [6.45, 7) is -0.909. The van der Waals surface area contributed by atoms with Gasteiger partial charge in [-0.2, -0.15) is 13.2 Å². The van der Waals surface area contributed by atoms with Gasteiger partial charge in [-0.15, -0.1) is 0 Å². The van der Waals surface area contributed by atoms with E-state index >= 15 is 0 Å². The Balaban J connectivity index is 2.36. The van der Waals surface area contributed by atoms with Gasteiger partial charge in [-0.05, 0) is 19.4 Å². The third kappa shape index (κ3) is 5.16. The van der Waals surface area contributed by atoms with Gasteiger partial charge in [0.2, 0.25) is 5.91 Å². The minimum Gasteiger partial charge on any atom is -0.346 e. The highest BCUT2D eigenvalue weighted by atomic mass is 19.4. The number of likely N-dealkylation sites (tertiary alicyclic amines) is 1. The minimum absolute atomic E-state index is 0.153. The van der Waals surface area contributed by atoms with Gasteiger partial charge in [0.15, 0.2) is 0 Å². The molecule has 0 aromatic rings. The number of nitrogens with one attached hydrogen (secondary N) is 1. The van der Waals surface area contributed by atoms with Crippen molar-refractivity contribution in [2.45, 2.75) is 31.5 Å². The number of carbonyl (C=O) groups is 2. The number of nitrogens with zero attached hydrogens (tertiary/aromatic N) is 1. The van der Waals surface area contributed by atoms with E-state index in [1.165, 1.54) is 0 Å². The molecular weight excluding hydrogens is 237 g/mol. The topological polar surface area (TPSA) is 49.4 Å². The number of carbonyl (C=O) groups excluding carboxylic acids is 2. The lowest BCUT2D eigenvalue weighted by molar-refractivity contribution is -0.139. The summed E-state index contributed by atoms with van der Waals surface area (Å²) >= 11 is 0. The molecule has 1 aliphatic rings. The second-order valence-corrected chi connectivity index (χ2v) is 4.06. The van der Waals surface area contributed by atoms with Gasteiger partial charge in [-0.3, -0.25) is 9.69 Å². The van der Waals surface area contributed by atoms with Crippen LogP contribution >= 0.6 is 0 Å². The van der Waals surface area contributed by atoms with Crippen LogP contribution < -0.4 is 5.32 Å². The van der Waals surface area contributed by atoms with E-state index in [0.29, 0.717) is 13.0 Å². The van der Waals surface area contributed by atoms with E-state index in [1.54, 1.807) is 10.2 Å². The van der Waals surface area contributed by atoms with Gasteiger partial charge in [-0.1, -0.05) is 6.42 Å². The number of hydrogen-bond donors (Lipinski definition) is 1. The number of aldehydes is 1. The first-order valence-corrected chi connectivity index (χ1v) is 5.45. The van der Waals surface area contributed by atoms with Gasteiger partial charge < -0.3 is 10.1 Å². The molecule has 0 aromatic carbocycles. The van der Waals surface area contributed by atoms with Gasteiger partial charge in [-0.25, -0.2) is 0 Å². The highest BCUT2D eigenvalue weighted by molar-refractivity contribution is 5.78. The average Bonchev–Trinajstić information content (AvgIpc) is 2.26. The molecule has 7 heteroatoms. The molecule has 0 spiro atoms. The zero-order valence-corrected chi connectivity index (χ0v) is 9.29. The average molecular weight is 252 g/mol. The van der Waals surface area contributed by atoms with Crippen LogP contribution in [-0.4, -0.2) is 48.9 Å². The number of piperidine rings is 1. The van der Waals surface area contributed by atoms with Gasteiger partial charge in [0.25, 0.3) is 0 Å². The molecule has 1 saturated heterocycles. The van der Waals surface area contributed by atoms with Crippen LogP contribution in [0.3, 0.4) is 0 Å². The van der Waals surface area contributed by atoms with Crippen LogP contribution in [0.15, 0.2) is 0 Å². The monoisotopic (exact) mass is 252 g/mol. The minimum atomic E-state index is -4.40. The lowest BCUT2D eigenvalue weighted by atomic mass is 10.0. The second-order valence-electron chi connectivity index (χ2n) is 4.06. The third-order valence-electron chi connectivity index (χ3n) is 2.65. The van der Waals surface area contributed by atoms with Gasteiger partial charge in [0, 0.05) is 0 Å². The highest BCUT2D eigenvalue weighted by Crippen LogP contribution is 2.15. The largest absolute Gasteiger partial charge is 0.405 e. The number of amides is 1. The lowest BCUT2D eigenvalue weighted by Crippen LogP contribution is -2.47. The zero-order valence-electron chi connectivity index (χ0n) is 9.29. The molecule has 1 unspecified atom stereocenters. The van der Waals surface area contributed by atoms with E-state index in [1.807, 2.05) is 0 Å². The van der Waals surface area contributed by atoms with Crippen LogP contribution in [0, 0.1) is 0 Å². The molecule has 0 saturated carbocycles. The third-order valence-corrected chi connectivity index (χ3v) is 2.65. The fraction of sp³-hybridized carbons (Fsp3) is 0.800. The van der Waals surface area contributed by atoms with Crippen LogP contribution in [0.25, 0.3) is 0 Å². The summed E-state index contributed by atoms with van der Waals surface area (Å²) in [4.78, 5) is 23.6. The van der Waals surface area contributed by atoms with Crippen molar-refractivity contribution >= 4 is 12.2 Å². The molecule has 0 aromatic heterocycles. The van der Waals surface area contributed by atoms with Crippen LogP contribution in [0.2, 0.25) is 0 Å². The molecule has 98 valence electrons. The summed E-state index contributed by atoms with van der Waals surface area (Å²) < 4.78 is 35.6. The van der Waals surface area contributed by atoms with Crippen molar-refractivity contribution in [3.05, 3.63) is 0 Å². The van der Waals surface area contributed by atoms with Crippen LogP contribution in [0.5, 0.6) is 0 Å². The fourth-order valence-electron chi connectivity index (χ4n) is 1.81. The number of halogens is 3. The first kappa shape index (κ1) is 14.0. The van der Waals surface area contributed by atoms with Crippen molar-refractivity contribution in [3.8, 4) is 0 Å². The Hall–Kier alpha value is -1.11. The van der Waals surface area contributed by atoms with Gasteiger partial charge >= 0.3 is 6.18 Å². The van der Waals surface area contributed by atoms with E-state index in [9.17, 15) is 22.8 Å². The number of rotatable bonds is 4. The molecule has 0 bridgehead atoms. The van der Waals surface area contributed by atoms with Crippen molar-refractivity contribution in [1.82, 2.24) is 10.2 Å². The summed E-state index contributed by atoms with van der Waals surface area (Å²) in [6.07, 6.45) is -1.23. The molecule has 1 atom stereocenters. The maximum Gasteiger partial charge on any atom is 0.405 e. The predicted octanol–water partition coefficient (Wildman–Crippen LogP) is 0.718. The van der Waals surface area contributed by atoms with Crippen molar-refractivity contribution in [3.63, 3.8) is 0 Å². The predicted molar refractivity (Wildman–Crippen MR) is 54.3 cm³/mol. The smallest absolute Gasteiger partial charge is 0.346 e. The lowest BCUT2D eigenvalue weighted by Gasteiger charge is -2.31. The summed E-state index contributed by atoms with van der Waals surface area (Å²) in [5, 5.41) is 1.79. The first-order chi connectivity index (χ1) is 7.92. The van der Waals surface area contributed by atoms with E-state index in [-0.39, 0.29) is 12.6 Å². The molecule has 1 fully saturated rings. The molecular formula is C10H15F3N2O2. The Kier molecular flexibility index (Phi) is 4.92. The van der Waals surface area contributed by atoms with E-state index in [4.69, 9.17) is 0 Å². The fourth-order valence-corrected chi connectivity index (χ4v) is 1.81. The Morgan fingerprint density at radius 2 is 2.12 bits per heavy atom. The van der Waals surface area contributed by atoms with Crippen LogP contribution in [0.4, 0.5) is 13.2 Å². The molecule has 1 N–H and O–H groups in total. The number of alkyl halides is 3. The highest BCUT2D eigenvalue weighted by Gasteiger charge is 2.29. The van der Waals surface area contributed by atoms with Gasteiger partial charge in [0.05, 0.1) is 12.6 Å². The zero-order chi connectivity index (χ0) is 12.9. The van der Waals surface area contributed by atoms with Crippen molar-refractivity contribution < 1.29 is 22.8 Å². The normalized spacial score (nSPS) is 22.2. The van der Waals surface area contributed by atoms with Crippen molar-refractivity contribution in [2.75, 3.05) is 19.6 Å². The summed E-state index contributed by atoms with van der Waals surface area (Å²) in [5.41, 5.74) is 0. The summed E-state index contributed by atoms with van der Waals surface area (Å²) in [7, 11) is 0. The molecule has 17 heavy (non-hydrogen) atoms. The Bertz CT molecular complexity index is 281. The maximum absolute atomic E-state index is 11.9. The van der Waals surface area contributed by atoms with Crippen molar-refractivity contribution in [2.24, 2.45) is 0 Å². The molecule has 1 amide bonds. The van der Waals surface area contributed by atoms with Gasteiger partial charge in [0.1, 0.15) is 12.8 Å². The summed E-state index contributed by atoms with van der Waals surface area (Å²) in [6, 6.07) is -0.347. The first-order valence-electron chi connectivity index (χ1n) is 5.45. The van der Waals surface area contributed by atoms with E-state index < -0.39 is 18.6 Å². The number of hydrogen-bond acceptors (Lipinski definition) is 3. The van der Waals surface area contributed by atoms with Crippen molar-refractivity contribution in [1.29, 1.82) is 0 Å². The standard InChI is InChI=1S/C10H15F3N2O2/c11-10(12,13)7-14-9(17)5-15-4-2-1-3-8(15)6-16/h6,8H,1-5,7H2,(H,14,17).